The second-order valence-electron chi connectivity index (χ2n) is 5.48. The summed E-state index contributed by atoms with van der Waals surface area (Å²) in [6, 6.07) is 4.97. The van der Waals surface area contributed by atoms with Gasteiger partial charge in [-0.3, -0.25) is 0 Å². The minimum absolute atomic E-state index is 0.612. The van der Waals surface area contributed by atoms with Crippen LogP contribution >= 0.6 is 0 Å². The van der Waals surface area contributed by atoms with Gasteiger partial charge >= 0.3 is 0 Å². The first-order valence-electron chi connectivity index (χ1n) is 7.13. The van der Waals surface area contributed by atoms with Crippen LogP contribution in [0.5, 0.6) is 0 Å². The van der Waals surface area contributed by atoms with Gasteiger partial charge in [0.25, 0.3) is 0 Å². The molecule has 3 nitrogen and oxygen atoms in total. The molecule has 0 amide bonds. The molecule has 18 heavy (non-hydrogen) atoms. The molecule has 1 aromatic heterocycles. The van der Waals surface area contributed by atoms with Crippen molar-refractivity contribution < 1.29 is 0 Å². The third-order valence-corrected chi connectivity index (χ3v) is 3.82. The summed E-state index contributed by atoms with van der Waals surface area (Å²) in [5.74, 6) is 1.99. The van der Waals surface area contributed by atoms with E-state index in [-0.39, 0.29) is 0 Å². The van der Waals surface area contributed by atoms with E-state index in [4.69, 9.17) is 0 Å². The normalized spacial score (nSPS) is 24.3. The summed E-state index contributed by atoms with van der Waals surface area (Å²) in [6.07, 6.45) is 4.56. The highest BCUT2D eigenvalue weighted by atomic mass is 15.2. The van der Waals surface area contributed by atoms with Crippen molar-refractivity contribution in [1.29, 1.82) is 0 Å². The number of rotatable bonds is 4. The molecule has 2 atom stereocenters. The van der Waals surface area contributed by atoms with Crippen LogP contribution in [-0.4, -0.2) is 24.1 Å². The van der Waals surface area contributed by atoms with Gasteiger partial charge in [0.15, 0.2) is 0 Å². The Morgan fingerprint density at radius 2 is 2.22 bits per heavy atom. The lowest BCUT2D eigenvalue weighted by Crippen LogP contribution is -2.40. The molecular formula is C15H25N3. The van der Waals surface area contributed by atoms with E-state index in [1.54, 1.807) is 0 Å². The number of hydrogen-bond donors (Lipinski definition) is 1. The van der Waals surface area contributed by atoms with Gasteiger partial charge in [-0.15, -0.1) is 0 Å². The first-order chi connectivity index (χ1) is 8.70. The Labute approximate surface area is 111 Å². The minimum atomic E-state index is 0.612. The summed E-state index contributed by atoms with van der Waals surface area (Å²) >= 11 is 0. The third-order valence-electron chi connectivity index (χ3n) is 3.82. The zero-order chi connectivity index (χ0) is 13.0. The third kappa shape index (κ3) is 3.22. The highest BCUT2D eigenvalue weighted by molar-refractivity contribution is 5.41. The van der Waals surface area contributed by atoms with E-state index in [0.29, 0.717) is 6.04 Å². The summed E-state index contributed by atoms with van der Waals surface area (Å²) in [7, 11) is 0. The fraction of sp³-hybridized carbons (Fsp3) is 0.667. The van der Waals surface area contributed by atoms with Gasteiger partial charge < -0.3 is 10.2 Å². The van der Waals surface area contributed by atoms with Crippen molar-refractivity contribution in [1.82, 2.24) is 10.3 Å². The maximum Gasteiger partial charge on any atom is 0.128 e. The van der Waals surface area contributed by atoms with E-state index < -0.39 is 0 Å². The fourth-order valence-corrected chi connectivity index (χ4v) is 2.71. The Hall–Kier alpha value is -1.09. The molecule has 2 rings (SSSR count). The highest BCUT2D eigenvalue weighted by Gasteiger charge is 2.23. The van der Waals surface area contributed by atoms with E-state index in [0.717, 1.165) is 31.4 Å². The molecule has 0 radical (unpaired) electrons. The quantitative estimate of drug-likeness (QED) is 0.887. The lowest BCUT2D eigenvalue weighted by molar-refractivity contribution is 0.376. The Kier molecular flexibility index (Phi) is 4.59. The van der Waals surface area contributed by atoms with Gasteiger partial charge in [0.2, 0.25) is 0 Å². The van der Waals surface area contributed by atoms with E-state index in [2.05, 4.69) is 48.1 Å². The van der Waals surface area contributed by atoms with Gasteiger partial charge in [0.1, 0.15) is 5.82 Å². The molecule has 1 aliphatic rings. The van der Waals surface area contributed by atoms with Crippen molar-refractivity contribution in [3.05, 3.63) is 23.9 Å². The Morgan fingerprint density at radius 3 is 2.83 bits per heavy atom. The molecular weight excluding hydrogens is 222 g/mol. The number of anilines is 1. The van der Waals surface area contributed by atoms with E-state index >= 15 is 0 Å². The summed E-state index contributed by atoms with van der Waals surface area (Å²) in [5.41, 5.74) is 1.26. The number of aromatic nitrogens is 1. The lowest BCUT2D eigenvalue weighted by Gasteiger charge is -2.37. The van der Waals surface area contributed by atoms with Gasteiger partial charge in [0, 0.05) is 25.3 Å². The molecule has 3 heteroatoms. The van der Waals surface area contributed by atoms with Crippen molar-refractivity contribution in [2.45, 2.75) is 46.2 Å². The van der Waals surface area contributed by atoms with Crippen LogP contribution in [0, 0.1) is 5.92 Å². The molecule has 0 aliphatic carbocycles. The van der Waals surface area contributed by atoms with Crippen molar-refractivity contribution in [2.75, 3.05) is 18.0 Å². The summed E-state index contributed by atoms with van der Waals surface area (Å²) in [4.78, 5) is 7.06. The van der Waals surface area contributed by atoms with Crippen molar-refractivity contribution >= 4 is 5.82 Å². The molecule has 100 valence electrons. The number of piperidine rings is 1. The second-order valence-corrected chi connectivity index (χ2v) is 5.48. The van der Waals surface area contributed by atoms with Gasteiger partial charge in [0.05, 0.1) is 0 Å². The van der Waals surface area contributed by atoms with Crippen LogP contribution in [-0.2, 0) is 6.54 Å². The second kappa shape index (κ2) is 6.19. The van der Waals surface area contributed by atoms with Crippen LogP contribution in [0.2, 0.25) is 0 Å². The van der Waals surface area contributed by atoms with Gasteiger partial charge in [-0.25, -0.2) is 4.98 Å². The first-order valence-corrected chi connectivity index (χ1v) is 7.13. The summed E-state index contributed by atoms with van der Waals surface area (Å²) < 4.78 is 0. The number of nitrogens with one attached hydrogen (secondary N) is 1. The molecule has 1 saturated heterocycles. The molecule has 1 aromatic rings. The van der Waals surface area contributed by atoms with Crippen LogP contribution in [0.3, 0.4) is 0 Å². The number of nitrogens with zero attached hydrogens (tertiary/aromatic N) is 2. The van der Waals surface area contributed by atoms with E-state index in [9.17, 15) is 0 Å². The molecule has 2 heterocycles. The maximum absolute atomic E-state index is 4.62. The topological polar surface area (TPSA) is 28.2 Å². The predicted molar refractivity (Wildman–Crippen MR) is 76.8 cm³/mol. The number of pyridine rings is 1. The van der Waals surface area contributed by atoms with Crippen LogP contribution in [0.4, 0.5) is 5.82 Å². The smallest absolute Gasteiger partial charge is 0.128 e. The molecule has 1 N–H and O–H groups in total. The average Bonchev–Trinajstić information content (AvgIpc) is 2.37. The molecule has 0 aromatic carbocycles. The molecule has 1 aliphatic heterocycles. The summed E-state index contributed by atoms with van der Waals surface area (Å²) in [5, 5.41) is 3.32. The van der Waals surface area contributed by atoms with Crippen LogP contribution in [0.25, 0.3) is 0 Å². The Balaban J connectivity index is 2.00. The van der Waals surface area contributed by atoms with Crippen LogP contribution in [0.1, 0.15) is 39.2 Å². The van der Waals surface area contributed by atoms with Crippen molar-refractivity contribution in [3.8, 4) is 0 Å². The molecule has 0 spiro atoms. The van der Waals surface area contributed by atoms with Gasteiger partial charge in [-0.2, -0.15) is 0 Å². The number of hydrogen-bond acceptors (Lipinski definition) is 3. The van der Waals surface area contributed by atoms with Crippen LogP contribution < -0.4 is 10.2 Å². The maximum atomic E-state index is 4.62. The molecule has 0 bridgehead atoms. The van der Waals surface area contributed by atoms with Gasteiger partial charge in [-0.1, -0.05) is 19.9 Å². The first kappa shape index (κ1) is 13.3. The molecule has 1 fully saturated rings. The highest BCUT2D eigenvalue weighted by Crippen LogP contribution is 2.26. The fourth-order valence-electron chi connectivity index (χ4n) is 2.71. The average molecular weight is 247 g/mol. The SMILES string of the molecule is CCNCc1ccc(N2CCC(C)CC2C)nc1. The molecule has 0 saturated carbocycles. The Bertz CT molecular complexity index is 361. The van der Waals surface area contributed by atoms with E-state index in [1.165, 1.54) is 18.4 Å². The predicted octanol–water partition coefficient (Wildman–Crippen LogP) is 2.82. The standard InChI is InChI=1S/C15H25N3/c1-4-16-10-14-5-6-15(17-11-14)18-8-7-12(2)9-13(18)3/h5-6,11-13,16H,4,7-10H2,1-3H3. The Morgan fingerprint density at radius 1 is 1.39 bits per heavy atom. The lowest BCUT2D eigenvalue weighted by atomic mass is 9.93. The van der Waals surface area contributed by atoms with Crippen LogP contribution in [0.15, 0.2) is 18.3 Å². The zero-order valence-electron chi connectivity index (χ0n) is 11.8. The van der Waals surface area contributed by atoms with Crippen molar-refractivity contribution in [2.24, 2.45) is 5.92 Å². The minimum Gasteiger partial charge on any atom is -0.354 e. The molecule has 2 unspecified atom stereocenters. The van der Waals surface area contributed by atoms with Crippen molar-refractivity contribution in [3.63, 3.8) is 0 Å². The van der Waals surface area contributed by atoms with E-state index in [1.807, 2.05) is 6.20 Å². The zero-order valence-corrected chi connectivity index (χ0v) is 11.8. The summed E-state index contributed by atoms with van der Waals surface area (Å²) in [6.45, 7) is 9.84. The largest absolute Gasteiger partial charge is 0.354 e. The van der Waals surface area contributed by atoms with Gasteiger partial charge in [-0.05, 0) is 43.9 Å². The monoisotopic (exact) mass is 247 g/mol.